The lowest BCUT2D eigenvalue weighted by molar-refractivity contribution is 0.179. The van der Waals surface area contributed by atoms with Gasteiger partial charge in [-0.2, -0.15) is 0 Å². The zero-order valence-electron chi connectivity index (χ0n) is 11.1. The zero-order chi connectivity index (χ0) is 13.2. The molecule has 2 fully saturated rings. The van der Waals surface area contributed by atoms with Gasteiger partial charge in [0, 0.05) is 4.47 Å². The lowest BCUT2D eigenvalue weighted by Gasteiger charge is -2.34. The summed E-state index contributed by atoms with van der Waals surface area (Å²) in [4.78, 5) is 0. The zero-order valence-corrected chi connectivity index (χ0v) is 12.7. The maximum absolute atomic E-state index is 5.72. The van der Waals surface area contributed by atoms with Crippen LogP contribution < -0.4 is 0 Å². The lowest BCUT2D eigenvalue weighted by atomic mass is 9.69. The van der Waals surface area contributed by atoms with E-state index in [4.69, 9.17) is 9.47 Å². The summed E-state index contributed by atoms with van der Waals surface area (Å²) in [5, 5.41) is 0. The normalized spacial score (nSPS) is 32.3. The van der Waals surface area contributed by atoms with Gasteiger partial charge in [-0.25, -0.2) is 0 Å². The average Bonchev–Trinajstić information content (AvgIpc) is 2.87. The van der Waals surface area contributed by atoms with Crippen LogP contribution in [0.4, 0.5) is 0 Å². The Labute approximate surface area is 122 Å². The van der Waals surface area contributed by atoms with Crippen molar-refractivity contribution in [3.63, 3.8) is 0 Å². The van der Waals surface area contributed by atoms with Crippen molar-refractivity contribution in [1.29, 1.82) is 0 Å². The predicted octanol–water partition coefficient (Wildman–Crippen LogP) is 4.12. The second-order valence-corrected chi connectivity index (χ2v) is 6.46. The highest BCUT2D eigenvalue weighted by Gasteiger charge is 2.39. The first-order valence-electron chi connectivity index (χ1n) is 6.82. The Morgan fingerprint density at radius 3 is 2.74 bits per heavy atom. The number of benzene rings is 1. The third kappa shape index (κ3) is 2.72. The predicted molar refractivity (Wildman–Crippen MR) is 79.0 cm³/mol. The summed E-state index contributed by atoms with van der Waals surface area (Å²) in [5.74, 6) is 1.88. The fourth-order valence-corrected chi connectivity index (χ4v) is 3.73. The van der Waals surface area contributed by atoms with Crippen LogP contribution >= 0.6 is 15.9 Å². The summed E-state index contributed by atoms with van der Waals surface area (Å²) in [7, 11) is 1.73. The molecule has 1 heterocycles. The molecule has 0 radical (unpaired) electrons. The van der Waals surface area contributed by atoms with Crippen LogP contribution in [0.5, 0.6) is 0 Å². The van der Waals surface area contributed by atoms with E-state index in [0.29, 0.717) is 17.8 Å². The van der Waals surface area contributed by atoms with E-state index < -0.39 is 0 Å². The third-order valence-electron chi connectivity index (χ3n) is 4.35. The van der Waals surface area contributed by atoms with Crippen molar-refractivity contribution in [1.82, 2.24) is 0 Å². The number of ether oxygens (including phenoxy) is 2. The Hall–Kier alpha value is -0.800. The summed E-state index contributed by atoms with van der Waals surface area (Å²) in [6.45, 7) is 1.81. The van der Waals surface area contributed by atoms with Crippen LogP contribution in [0.2, 0.25) is 0 Å². The molecular formula is C16H19BrO2. The molecule has 3 rings (SSSR count). The van der Waals surface area contributed by atoms with E-state index in [1.54, 1.807) is 7.11 Å². The molecule has 0 amide bonds. The number of allylic oxidation sites excluding steroid dienone is 1. The third-order valence-corrected chi connectivity index (χ3v) is 4.88. The summed E-state index contributed by atoms with van der Waals surface area (Å²) in [5.41, 5.74) is 2.84. The van der Waals surface area contributed by atoms with Crippen molar-refractivity contribution in [3.05, 3.63) is 46.1 Å². The molecular weight excluding hydrogens is 304 g/mol. The van der Waals surface area contributed by atoms with E-state index in [2.05, 4.69) is 40.2 Å². The Kier molecular flexibility index (Phi) is 3.94. The molecule has 19 heavy (non-hydrogen) atoms. The molecule has 1 unspecified atom stereocenters. The van der Waals surface area contributed by atoms with Gasteiger partial charge in [-0.1, -0.05) is 28.1 Å². The van der Waals surface area contributed by atoms with Crippen molar-refractivity contribution >= 4 is 15.9 Å². The van der Waals surface area contributed by atoms with Crippen LogP contribution in [-0.2, 0) is 9.47 Å². The minimum Gasteiger partial charge on any atom is -0.504 e. The molecule has 2 nitrogen and oxygen atoms in total. The maximum atomic E-state index is 5.72. The maximum Gasteiger partial charge on any atom is 0.0816 e. The van der Waals surface area contributed by atoms with Crippen LogP contribution in [0, 0.1) is 11.8 Å². The molecule has 0 aromatic heterocycles. The van der Waals surface area contributed by atoms with E-state index in [9.17, 15) is 0 Å². The van der Waals surface area contributed by atoms with Crippen molar-refractivity contribution in [3.8, 4) is 0 Å². The standard InChI is InChI=1S/C16H19BrO2/c1-18-8-11-6-13-9-19-10-16(13)15(7-11)12-2-4-14(17)5-3-12/h2-5,8,13,15-16H,6-7,9-10H2,1H3/t13?,15-,16-/m1/s1. The first kappa shape index (κ1) is 13.2. The highest BCUT2D eigenvalue weighted by Crippen LogP contribution is 2.46. The molecule has 2 aliphatic rings. The molecule has 3 heteroatoms. The molecule has 1 aliphatic carbocycles. The van der Waals surface area contributed by atoms with Gasteiger partial charge < -0.3 is 9.47 Å². The highest BCUT2D eigenvalue weighted by atomic mass is 79.9. The van der Waals surface area contributed by atoms with E-state index in [1.807, 2.05) is 6.26 Å². The lowest BCUT2D eigenvalue weighted by Crippen LogP contribution is -2.27. The summed E-state index contributed by atoms with van der Waals surface area (Å²) >= 11 is 3.51. The van der Waals surface area contributed by atoms with Gasteiger partial charge in [0.15, 0.2) is 0 Å². The van der Waals surface area contributed by atoms with Crippen molar-refractivity contribution in [2.75, 3.05) is 20.3 Å². The first-order chi connectivity index (χ1) is 9.28. The largest absolute Gasteiger partial charge is 0.504 e. The number of hydrogen-bond acceptors (Lipinski definition) is 2. The van der Waals surface area contributed by atoms with Crippen molar-refractivity contribution in [2.45, 2.75) is 18.8 Å². The van der Waals surface area contributed by atoms with Crippen molar-refractivity contribution in [2.24, 2.45) is 11.8 Å². The Morgan fingerprint density at radius 2 is 2.00 bits per heavy atom. The summed E-state index contributed by atoms with van der Waals surface area (Å²) in [6, 6.07) is 8.74. The van der Waals surface area contributed by atoms with Crippen LogP contribution in [0.1, 0.15) is 24.3 Å². The number of methoxy groups -OCH3 is 1. The molecule has 0 N–H and O–H groups in total. The van der Waals surface area contributed by atoms with Crippen LogP contribution in [-0.4, -0.2) is 20.3 Å². The Morgan fingerprint density at radius 1 is 1.21 bits per heavy atom. The quantitative estimate of drug-likeness (QED) is 0.762. The monoisotopic (exact) mass is 322 g/mol. The first-order valence-corrected chi connectivity index (χ1v) is 7.61. The molecule has 0 bridgehead atoms. The Balaban J connectivity index is 1.88. The second kappa shape index (κ2) is 5.68. The van der Waals surface area contributed by atoms with Gasteiger partial charge >= 0.3 is 0 Å². The summed E-state index contributed by atoms with van der Waals surface area (Å²) < 4.78 is 12.1. The van der Waals surface area contributed by atoms with E-state index in [-0.39, 0.29) is 0 Å². The molecule has 3 atom stereocenters. The van der Waals surface area contributed by atoms with E-state index >= 15 is 0 Å². The smallest absolute Gasteiger partial charge is 0.0816 e. The number of fused-ring (bicyclic) bond motifs is 1. The minimum absolute atomic E-state index is 0.566. The number of halogens is 1. The fourth-order valence-electron chi connectivity index (χ4n) is 3.46. The Bertz CT molecular complexity index is 466. The second-order valence-electron chi connectivity index (χ2n) is 5.54. The summed E-state index contributed by atoms with van der Waals surface area (Å²) in [6.07, 6.45) is 4.16. The van der Waals surface area contributed by atoms with Gasteiger partial charge in [0.25, 0.3) is 0 Å². The molecule has 1 aromatic rings. The molecule has 1 aliphatic heterocycles. The van der Waals surface area contributed by atoms with Gasteiger partial charge in [-0.3, -0.25) is 0 Å². The van der Waals surface area contributed by atoms with Crippen LogP contribution in [0.15, 0.2) is 40.6 Å². The van der Waals surface area contributed by atoms with Crippen LogP contribution in [0.25, 0.3) is 0 Å². The molecule has 102 valence electrons. The number of hydrogen-bond donors (Lipinski definition) is 0. The highest BCUT2D eigenvalue weighted by molar-refractivity contribution is 9.10. The van der Waals surface area contributed by atoms with Gasteiger partial charge in [0.2, 0.25) is 0 Å². The fraction of sp³-hybridized carbons (Fsp3) is 0.500. The van der Waals surface area contributed by atoms with E-state index in [0.717, 1.165) is 30.5 Å². The molecule has 1 saturated carbocycles. The minimum atomic E-state index is 0.566. The van der Waals surface area contributed by atoms with Gasteiger partial charge in [-0.05, 0) is 53.9 Å². The van der Waals surface area contributed by atoms with Gasteiger partial charge in [0.1, 0.15) is 0 Å². The topological polar surface area (TPSA) is 18.5 Å². The van der Waals surface area contributed by atoms with Crippen LogP contribution in [0.3, 0.4) is 0 Å². The SMILES string of the molecule is COC=C1CC2COC[C@H]2[C@@H](c2ccc(Br)cc2)C1. The molecule has 1 aromatic carbocycles. The van der Waals surface area contributed by atoms with Crippen molar-refractivity contribution < 1.29 is 9.47 Å². The van der Waals surface area contributed by atoms with Gasteiger partial charge in [-0.15, -0.1) is 0 Å². The molecule has 1 saturated heterocycles. The molecule has 0 spiro atoms. The van der Waals surface area contributed by atoms with E-state index in [1.165, 1.54) is 11.1 Å². The average molecular weight is 323 g/mol. The van der Waals surface area contributed by atoms with Gasteiger partial charge in [0.05, 0.1) is 26.6 Å². The number of rotatable bonds is 2.